The molecule has 1 aromatic carbocycles. The first-order chi connectivity index (χ1) is 10.8. The largest absolute Gasteiger partial charge is 0.375 e. The number of ether oxygens (including phenoxy) is 1. The summed E-state index contributed by atoms with van der Waals surface area (Å²) in [6.45, 7) is 1.54. The van der Waals surface area contributed by atoms with E-state index in [4.69, 9.17) is 4.74 Å². The predicted molar refractivity (Wildman–Crippen MR) is 109 cm³/mol. The molecule has 0 aliphatic heterocycles. The Balaban J connectivity index is 0.00000264. The molecule has 2 aromatic rings. The van der Waals surface area contributed by atoms with Gasteiger partial charge < -0.3 is 15.4 Å². The van der Waals surface area contributed by atoms with Gasteiger partial charge in [-0.25, -0.2) is 0 Å². The van der Waals surface area contributed by atoms with Gasteiger partial charge in [0.05, 0.1) is 6.10 Å². The van der Waals surface area contributed by atoms with Crippen molar-refractivity contribution >= 4 is 41.3 Å². The van der Waals surface area contributed by atoms with Crippen LogP contribution in [0.15, 0.2) is 52.8 Å². The number of hydrogen-bond donors (Lipinski definition) is 2. The second kappa shape index (κ2) is 11.4. The van der Waals surface area contributed by atoms with Gasteiger partial charge in [-0.2, -0.15) is 0 Å². The van der Waals surface area contributed by atoms with Crippen LogP contribution in [0.25, 0.3) is 0 Å². The Kier molecular flexibility index (Phi) is 9.89. The van der Waals surface area contributed by atoms with E-state index in [2.05, 4.69) is 45.3 Å². The van der Waals surface area contributed by atoms with Gasteiger partial charge in [-0.15, -0.1) is 35.3 Å². The zero-order chi connectivity index (χ0) is 15.6. The lowest BCUT2D eigenvalue weighted by Gasteiger charge is -2.18. The van der Waals surface area contributed by atoms with Crippen molar-refractivity contribution in [2.45, 2.75) is 12.5 Å². The van der Waals surface area contributed by atoms with E-state index in [1.54, 1.807) is 25.5 Å². The van der Waals surface area contributed by atoms with Gasteiger partial charge in [0.1, 0.15) is 0 Å². The Morgan fingerprint density at radius 2 is 1.96 bits per heavy atom. The van der Waals surface area contributed by atoms with Crippen LogP contribution in [0.2, 0.25) is 0 Å². The van der Waals surface area contributed by atoms with Gasteiger partial charge in [0.2, 0.25) is 0 Å². The van der Waals surface area contributed by atoms with E-state index in [0.717, 1.165) is 24.5 Å². The number of benzene rings is 1. The molecule has 126 valence electrons. The van der Waals surface area contributed by atoms with Gasteiger partial charge in [0, 0.05) is 32.1 Å². The van der Waals surface area contributed by atoms with Gasteiger partial charge in [-0.1, -0.05) is 36.4 Å². The molecule has 2 rings (SSSR count). The van der Waals surface area contributed by atoms with Crippen LogP contribution in [0.1, 0.15) is 16.5 Å². The minimum absolute atomic E-state index is 0. The Morgan fingerprint density at radius 3 is 2.57 bits per heavy atom. The number of rotatable bonds is 7. The molecule has 4 nitrogen and oxygen atoms in total. The van der Waals surface area contributed by atoms with Crippen LogP contribution >= 0.6 is 35.3 Å². The van der Waals surface area contributed by atoms with Crippen LogP contribution < -0.4 is 10.6 Å². The molecule has 0 radical (unpaired) electrons. The average molecular weight is 445 g/mol. The molecule has 0 amide bonds. The highest BCUT2D eigenvalue weighted by Gasteiger charge is 2.10. The summed E-state index contributed by atoms with van der Waals surface area (Å²) in [4.78, 5) is 5.63. The first-order valence-corrected chi connectivity index (χ1v) is 8.26. The zero-order valence-electron chi connectivity index (χ0n) is 13.5. The molecular formula is C17H24IN3OS. The summed E-state index contributed by atoms with van der Waals surface area (Å²) in [5, 5.41) is 8.75. The number of guanidine groups is 1. The minimum atomic E-state index is 0. The lowest BCUT2D eigenvalue weighted by atomic mass is 10.1. The van der Waals surface area contributed by atoms with Crippen LogP contribution in [0.4, 0.5) is 0 Å². The van der Waals surface area contributed by atoms with Crippen LogP contribution in [-0.2, 0) is 11.2 Å². The lowest BCUT2D eigenvalue weighted by Crippen LogP contribution is -2.40. The van der Waals surface area contributed by atoms with Gasteiger partial charge in [0.15, 0.2) is 5.96 Å². The third-order valence-corrected chi connectivity index (χ3v) is 4.31. The molecule has 0 bridgehead atoms. The zero-order valence-corrected chi connectivity index (χ0v) is 16.6. The molecule has 6 heteroatoms. The van der Waals surface area contributed by atoms with E-state index in [-0.39, 0.29) is 30.1 Å². The molecule has 0 saturated heterocycles. The second-order valence-corrected chi connectivity index (χ2v) is 5.88. The van der Waals surface area contributed by atoms with E-state index in [1.807, 2.05) is 18.2 Å². The summed E-state index contributed by atoms with van der Waals surface area (Å²) < 4.78 is 5.55. The van der Waals surface area contributed by atoms with Crippen molar-refractivity contribution in [2.75, 3.05) is 27.2 Å². The summed E-state index contributed by atoms with van der Waals surface area (Å²) in [6.07, 6.45) is 1.02. The molecule has 1 atom stereocenters. The molecule has 0 saturated carbocycles. The number of halogens is 1. The standard InChI is InChI=1S/C17H23N3OS.HI/c1-18-17(19-11-10-15-9-6-12-22-15)20-13-16(21-2)14-7-4-3-5-8-14;/h3-9,12,16H,10-11,13H2,1-2H3,(H2,18,19,20);1H. The smallest absolute Gasteiger partial charge is 0.191 e. The van der Waals surface area contributed by atoms with E-state index >= 15 is 0 Å². The fourth-order valence-corrected chi connectivity index (χ4v) is 2.88. The first-order valence-electron chi connectivity index (χ1n) is 7.38. The number of aliphatic imine (C=N–C) groups is 1. The van der Waals surface area contributed by atoms with Crippen LogP contribution in [0.5, 0.6) is 0 Å². The highest BCUT2D eigenvalue weighted by molar-refractivity contribution is 14.0. The maximum atomic E-state index is 5.55. The third-order valence-electron chi connectivity index (χ3n) is 3.38. The van der Waals surface area contributed by atoms with Gasteiger partial charge in [-0.3, -0.25) is 4.99 Å². The quantitative estimate of drug-likeness (QED) is 0.390. The normalized spacial score (nSPS) is 12.3. The number of hydrogen-bond acceptors (Lipinski definition) is 3. The van der Waals surface area contributed by atoms with E-state index in [1.165, 1.54) is 4.88 Å². The lowest BCUT2D eigenvalue weighted by molar-refractivity contribution is 0.106. The Morgan fingerprint density at radius 1 is 1.17 bits per heavy atom. The second-order valence-electron chi connectivity index (χ2n) is 4.84. The molecule has 1 heterocycles. The Labute approximate surface area is 159 Å². The summed E-state index contributed by atoms with van der Waals surface area (Å²) in [7, 11) is 3.51. The number of methoxy groups -OCH3 is 1. The topological polar surface area (TPSA) is 45.7 Å². The summed E-state index contributed by atoms with van der Waals surface area (Å²) in [5.41, 5.74) is 1.16. The maximum Gasteiger partial charge on any atom is 0.191 e. The maximum absolute atomic E-state index is 5.55. The Bertz CT molecular complexity index is 560. The van der Waals surface area contributed by atoms with Crippen molar-refractivity contribution in [3.05, 3.63) is 58.3 Å². The molecule has 2 N–H and O–H groups in total. The third kappa shape index (κ3) is 6.88. The average Bonchev–Trinajstić information content (AvgIpc) is 3.08. The van der Waals surface area contributed by atoms with Gasteiger partial charge >= 0.3 is 0 Å². The van der Waals surface area contributed by atoms with Crippen molar-refractivity contribution in [3.8, 4) is 0 Å². The molecule has 0 aliphatic carbocycles. The van der Waals surface area contributed by atoms with Crippen molar-refractivity contribution in [1.29, 1.82) is 0 Å². The van der Waals surface area contributed by atoms with E-state index < -0.39 is 0 Å². The number of nitrogens with one attached hydrogen (secondary N) is 2. The molecule has 23 heavy (non-hydrogen) atoms. The van der Waals surface area contributed by atoms with Crippen molar-refractivity contribution in [1.82, 2.24) is 10.6 Å². The molecule has 0 fully saturated rings. The molecule has 1 aromatic heterocycles. The highest BCUT2D eigenvalue weighted by atomic mass is 127. The molecule has 0 aliphatic rings. The fraction of sp³-hybridized carbons (Fsp3) is 0.353. The van der Waals surface area contributed by atoms with Crippen molar-refractivity contribution in [2.24, 2.45) is 4.99 Å². The van der Waals surface area contributed by atoms with E-state index in [0.29, 0.717) is 6.54 Å². The van der Waals surface area contributed by atoms with Crippen LogP contribution in [0.3, 0.4) is 0 Å². The SMILES string of the molecule is CN=C(NCCc1cccs1)NCC(OC)c1ccccc1.I. The Hall–Kier alpha value is -1.12. The predicted octanol–water partition coefficient (Wildman–Crippen LogP) is 3.46. The van der Waals surface area contributed by atoms with Gasteiger partial charge in [-0.05, 0) is 23.4 Å². The van der Waals surface area contributed by atoms with Crippen LogP contribution in [0, 0.1) is 0 Å². The van der Waals surface area contributed by atoms with Gasteiger partial charge in [0.25, 0.3) is 0 Å². The molecule has 0 spiro atoms. The minimum Gasteiger partial charge on any atom is -0.375 e. The molecular weight excluding hydrogens is 421 g/mol. The summed E-state index contributed by atoms with van der Waals surface area (Å²) >= 11 is 1.78. The number of thiophene rings is 1. The van der Waals surface area contributed by atoms with E-state index in [9.17, 15) is 0 Å². The van der Waals surface area contributed by atoms with Crippen molar-refractivity contribution < 1.29 is 4.74 Å². The first kappa shape index (κ1) is 19.9. The molecule has 1 unspecified atom stereocenters. The van der Waals surface area contributed by atoms with Crippen LogP contribution in [-0.4, -0.2) is 33.2 Å². The monoisotopic (exact) mass is 445 g/mol. The summed E-state index contributed by atoms with van der Waals surface area (Å²) in [5.74, 6) is 0.800. The summed E-state index contributed by atoms with van der Waals surface area (Å²) in [6, 6.07) is 14.4. The highest BCUT2D eigenvalue weighted by Crippen LogP contribution is 2.14. The number of nitrogens with zero attached hydrogens (tertiary/aromatic N) is 1. The van der Waals surface area contributed by atoms with Crippen molar-refractivity contribution in [3.63, 3.8) is 0 Å². The fourth-order valence-electron chi connectivity index (χ4n) is 2.17.